The molecule has 0 aromatic carbocycles. The summed E-state index contributed by atoms with van der Waals surface area (Å²) in [7, 11) is -4.19. The summed E-state index contributed by atoms with van der Waals surface area (Å²) in [5.41, 5.74) is 7.01. The Morgan fingerprint density at radius 2 is 2.05 bits per heavy atom. The first-order valence-electron chi connectivity index (χ1n) is 5.71. The van der Waals surface area contributed by atoms with Gasteiger partial charge < -0.3 is 15.6 Å². The SMILES string of the molecule is CC(N)CNCc1cccc(CCS(=O)(=O)[O-])n1.[Na+]. The van der Waals surface area contributed by atoms with Crippen LogP contribution in [-0.4, -0.2) is 36.3 Å². The minimum atomic E-state index is -4.19. The van der Waals surface area contributed by atoms with E-state index in [1.165, 1.54) is 0 Å². The molecule has 0 radical (unpaired) electrons. The van der Waals surface area contributed by atoms with E-state index in [2.05, 4.69) is 10.3 Å². The van der Waals surface area contributed by atoms with E-state index in [1.807, 2.05) is 13.0 Å². The molecule has 0 saturated heterocycles. The fourth-order valence-corrected chi connectivity index (χ4v) is 1.88. The number of nitrogens with zero attached hydrogens (tertiary/aromatic N) is 1. The summed E-state index contributed by atoms with van der Waals surface area (Å²) in [6.07, 6.45) is 0.146. The molecular formula is C11H18N3NaO3S. The summed E-state index contributed by atoms with van der Waals surface area (Å²) in [6.45, 7) is 3.15. The van der Waals surface area contributed by atoms with Crippen LogP contribution < -0.4 is 40.6 Å². The summed E-state index contributed by atoms with van der Waals surface area (Å²) >= 11 is 0. The van der Waals surface area contributed by atoms with E-state index >= 15 is 0 Å². The minimum absolute atomic E-state index is 0. The summed E-state index contributed by atoms with van der Waals surface area (Å²) in [5, 5.41) is 3.13. The summed E-state index contributed by atoms with van der Waals surface area (Å²) in [4.78, 5) is 4.27. The molecule has 102 valence electrons. The Balaban J connectivity index is 0.00000324. The molecule has 1 aromatic rings. The van der Waals surface area contributed by atoms with Crippen LogP contribution in [-0.2, 0) is 23.1 Å². The van der Waals surface area contributed by atoms with Gasteiger partial charge in [-0.2, -0.15) is 0 Å². The number of hydrogen-bond acceptors (Lipinski definition) is 6. The minimum Gasteiger partial charge on any atom is -0.748 e. The van der Waals surface area contributed by atoms with E-state index in [-0.39, 0.29) is 42.0 Å². The van der Waals surface area contributed by atoms with Gasteiger partial charge in [-0.25, -0.2) is 8.42 Å². The number of aromatic nitrogens is 1. The van der Waals surface area contributed by atoms with E-state index in [9.17, 15) is 13.0 Å². The van der Waals surface area contributed by atoms with Gasteiger partial charge in [0.15, 0.2) is 0 Å². The van der Waals surface area contributed by atoms with Gasteiger partial charge in [-0.05, 0) is 19.1 Å². The molecule has 1 heterocycles. The molecule has 0 spiro atoms. The molecule has 0 aliphatic rings. The third-order valence-electron chi connectivity index (χ3n) is 2.25. The van der Waals surface area contributed by atoms with E-state index < -0.39 is 15.9 Å². The Morgan fingerprint density at radius 1 is 1.42 bits per heavy atom. The average Bonchev–Trinajstić information content (AvgIpc) is 2.26. The molecule has 3 N–H and O–H groups in total. The van der Waals surface area contributed by atoms with Crippen LogP contribution in [0.3, 0.4) is 0 Å². The Kier molecular flexibility index (Phi) is 9.01. The van der Waals surface area contributed by atoms with Crippen molar-refractivity contribution < 1.29 is 42.5 Å². The van der Waals surface area contributed by atoms with Crippen molar-refractivity contribution in [3.05, 3.63) is 29.6 Å². The third-order valence-corrected chi connectivity index (χ3v) is 2.95. The van der Waals surface area contributed by atoms with Crippen molar-refractivity contribution in [2.24, 2.45) is 5.73 Å². The first-order valence-corrected chi connectivity index (χ1v) is 7.29. The normalized spacial score (nSPS) is 12.8. The first kappa shape index (κ1) is 19.0. The predicted octanol–water partition coefficient (Wildman–Crippen LogP) is -3.39. The molecular weight excluding hydrogens is 277 g/mol. The number of hydrogen-bond donors (Lipinski definition) is 2. The Morgan fingerprint density at radius 3 is 2.63 bits per heavy atom. The van der Waals surface area contributed by atoms with Gasteiger partial charge >= 0.3 is 29.6 Å². The molecule has 6 nitrogen and oxygen atoms in total. The van der Waals surface area contributed by atoms with E-state index in [0.29, 0.717) is 18.8 Å². The fourth-order valence-electron chi connectivity index (χ4n) is 1.42. The van der Waals surface area contributed by atoms with Crippen molar-refractivity contribution in [3.8, 4) is 0 Å². The quantitative estimate of drug-likeness (QED) is 0.401. The van der Waals surface area contributed by atoms with Crippen LogP contribution >= 0.6 is 0 Å². The standard InChI is InChI=1S/C11H19N3O3S.Na/c1-9(12)7-13-8-11-4-2-3-10(14-11)5-6-18(15,16)17;/h2-4,9,13H,5-8,12H2,1H3,(H,15,16,17);/q;+1/p-1. The molecule has 0 aliphatic carbocycles. The van der Waals surface area contributed by atoms with Crippen LogP contribution in [0.5, 0.6) is 0 Å². The second-order valence-electron chi connectivity index (χ2n) is 4.24. The maximum absolute atomic E-state index is 10.5. The zero-order valence-corrected chi connectivity index (χ0v) is 14.1. The van der Waals surface area contributed by atoms with Crippen LogP contribution in [0.1, 0.15) is 18.3 Å². The van der Waals surface area contributed by atoms with Crippen LogP contribution in [0, 0.1) is 0 Å². The molecule has 0 aliphatic heterocycles. The smallest absolute Gasteiger partial charge is 0.748 e. The van der Waals surface area contributed by atoms with Crippen molar-refractivity contribution in [1.29, 1.82) is 0 Å². The number of nitrogens with two attached hydrogens (primary N) is 1. The van der Waals surface area contributed by atoms with Gasteiger partial charge in [-0.15, -0.1) is 0 Å². The second-order valence-corrected chi connectivity index (χ2v) is 5.76. The van der Waals surface area contributed by atoms with Crippen molar-refractivity contribution in [3.63, 3.8) is 0 Å². The van der Waals surface area contributed by atoms with E-state index in [4.69, 9.17) is 5.73 Å². The maximum atomic E-state index is 10.5. The van der Waals surface area contributed by atoms with Crippen molar-refractivity contribution in [1.82, 2.24) is 10.3 Å². The Bertz CT molecular complexity index is 480. The van der Waals surface area contributed by atoms with E-state index in [0.717, 1.165) is 5.69 Å². The van der Waals surface area contributed by atoms with Gasteiger partial charge in [0.1, 0.15) is 0 Å². The van der Waals surface area contributed by atoms with Gasteiger partial charge in [-0.3, -0.25) is 4.98 Å². The Hall–Kier alpha value is -0.0200. The molecule has 1 rings (SSSR count). The van der Waals surface area contributed by atoms with Crippen molar-refractivity contribution >= 4 is 10.1 Å². The Labute approximate surface area is 136 Å². The van der Waals surface area contributed by atoms with Gasteiger partial charge in [0, 0.05) is 37.0 Å². The zero-order chi connectivity index (χ0) is 13.6. The topological polar surface area (TPSA) is 108 Å². The molecule has 1 aromatic heterocycles. The fraction of sp³-hybridized carbons (Fsp3) is 0.545. The molecule has 0 bridgehead atoms. The van der Waals surface area contributed by atoms with Crippen molar-refractivity contribution in [2.75, 3.05) is 12.3 Å². The molecule has 0 saturated carbocycles. The summed E-state index contributed by atoms with van der Waals surface area (Å²) in [6, 6.07) is 5.41. The first-order chi connectivity index (χ1) is 8.37. The molecule has 0 fully saturated rings. The number of pyridine rings is 1. The number of rotatable bonds is 7. The summed E-state index contributed by atoms with van der Waals surface area (Å²) in [5.74, 6) is -0.420. The average molecular weight is 295 g/mol. The molecule has 1 unspecified atom stereocenters. The zero-order valence-electron chi connectivity index (χ0n) is 11.3. The third kappa shape index (κ3) is 9.50. The van der Waals surface area contributed by atoms with Gasteiger partial charge in [0.05, 0.1) is 15.8 Å². The molecule has 0 amide bonds. The van der Waals surface area contributed by atoms with Crippen LogP contribution in [0.4, 0.5) is 0 Å². The monoisotopic (exact) mass is 295 g/mol. The van der Waals surface area contributed by atoms with Crippen LogP contribution in [0.2, 0.25) is 0 Å². The predicted molar refractivity (Wildman–Crippen MR) is 67.9 cm³/mol. The van der Waals surface area contributed by atoms with Gasteiger partial charge in [-0.1, -0.05) is 6.07 Å². The van der Waals surface area contributed by atoms with Crippen LogP contribution in [0.25, 0.3) is 0 Å². The maximum Gasteiger partial charge on any atom is 1.00 e. The number of nitrogens with one attached hydrogen (secondary N) is 1. The molecule has 19 heavy (non-hydrogen) atoms. The van der Waals surface area contributed by atoms with Gasteiger partial charge in [0.25, 0.3) is 0 Å². The van der Waals surface area contributed by atoms with Crippen LogP contribution in [0.15, 0.2) is 18.2 Å². The van der Waals surface area contributed by atoms with E-state index in [1.54, 1.807) is 12.1 Å². The van der Waals surface area contributed by atoms with Crippen molar-refractivity contribution in [2.45, 2.75) is 25.9 Å². The summed E-state index contributed by atoms with van der Waals surface area (Å²) < 4.78 is 31.6. The van der Waals surface area contributed by atoms with Gasteiger partial charge in [0.2, 0.25) is 0 Å². The number of aryl methyl sites for hydroxylation is 1. The molecule has 8 heteroatoms. The second kappa shape index (κ2) is 9.02. The largest absolute Gasteiger partial charge is 1.00 e. The molecule has 1 atom stereocenters.